The van der Waals surface area contributed by atoms with E-state index in [-0.39, 0.29) is 17.0 Å². The molecule has 0 aliphatic heterocycles. The highest BCUT2D eigenvalue weighted by Crippen LogP contribution is 2.22. The Bertz CT molecular complexity index is 1170. The topological polar surface area (TPSA) is 61.4 Å². The third-order valence-corrected chi connectivity index (χ3v) is 5.17. The molecule has 4 rings (SSSR count). The Morgan fingerprint density at radius 2 is 1.86 bits per heavy atom. The molecule has 0 saturated heterocycles. The zero-order valence-corrected chi connectivity index (χ0v) is 15.9. The van der Waals surface area contributed by atoms with Crippen molar-refractivity contribution in [3.05, 3.63) is 82.7 Å². The Morgan fingerprint density at radius 3 is 2.61 bits per heavy atom. The summed E-state index contributed by atoms with van der Waals surface area (Å²) >= 11 is 1.33. The van der Waals surface area contributed by atoms with Gasteiger partial charge in [0.25, 0.3) is 0 Å². The molecule has 0 amide bonds. The first-order chi connectivity index (χ1) is 13.7. The highest BCUT2D eigenvalue weighted by atomic mass is 32.2. The maximum atomic E-state index is 13.8. The number of ether oxygens (including phenoxy) is 1. The van der Waals surface area contributed by atoms with Crippen LogP contribution in [0.15, 0.2) is 70.9 Å². The fourth-order valence-electron chi connectivity index (χ4n) is 2.80. The van der Waals surface area contributed by atoms with Gasteiger partial charge in [-0.15, -0.1) is 10.2 Å². The fraction of sp³-hybridized carbons (Fsp3) is 0.150. The molecule has 4 aromatic rings. The van der Waals surface area contributed by atoms with E-state index in [0.717, 1.165) is 5.75 Å². The van der Waals surface area contributed by atoms with Crippen molar-refractivity contribution >= 4 is 17.4 Å². The molecule has 0 spiro atoms. The summed E-state index contributed by atoms with van der Waals surface area (Å²) in [6, 6.07) is 13.8. The van der Waals surface area contributed by atoms with Gasteiger partial charge in [0.15, 0.2) is 5.16 Å². The zero-order chi connectivity index (χ0) is 19.5. The van der Waals surface area contributed by atoms with Crippen molar-refractivity contribution in [2.24, 2.45) is 0 Å². The molecule has 2 aromatic heterocycles. The minimum atomic E-state index is -0.281. The summed E-state index contributed by atoms with van der Waals surface area (Å²) in [5.41, 5.74) is 1.22. The number of hydrogen-bond acceptors (Lipinski definition) is 5. The zero-order valence-electron chi connectivity index (χ0n) is 15.1. The molecular weight excluding hydrogens is 379 g/mol. The molecule has 0 unspecified atom stereocenters. The predicted octanol–water partition coefficient (Wildman–Crippen LogP) is 3.71. The largest absolute Gasteiger partial charge is 0.494 e. The molecule has 0 saturated carbocycles. The van der Waals surface area contributed by atoms with E-state index in [1.807, 2.05) is 31.2 Å². The average molecular weight is 396 g/mol. The van der Waals surface area contributed by atoms with E-state index >= 15 is 0 Å². The van der Waals surface area contributed by atoms with Gasteiger partial charge < -0.3 is 4.74 Å². The van der Waals surface area contributed by atoms with Gasteiger partial charge in [0.05, 0.1) is 6.61 Å². The quantitative estimate of drug-likeness (QED) is 0.465. The van der Waals surface area contributed by atoms with Crippen molar-refractivity contribution in [3.63, 3.8) is 0 Å². The third-order valence-electron chi connectivity index (χ3n) is 4.18. The van der Waals surface area contributed by atoms with Crippen LogP contribution in [-0.2, 0) is 5.75 Å². The molecule has 0 N–H and O–H groups in total. The van der Waals surface area contributed by atoms with Crippen LogP contribution in [-0.4, -0.2) is 25.8 Å². The van der Waals surface area contributed by atoms with E-state index in [1.165, 1.54) is 22.4 Å². The van der Waals surface area contributed by atoms with E-state index in [0.29, 0.717) is 28.8 Å². The number of thioether (sulfide) groups is 1. The minimum Gasteiger partial charge on any atom is -0.494 e. The second kappa shape index (κ2) is 7.85. The number of hydrogen-bond donors (Lipinski definition) is 0. The summed E-state index contributed by atoms with van der Waals surface area (Å²) in [6.07, 6.45) is 3.40. The lowest BCUT2D eigenvalue weighted by Crippen LogP contribution is -2.20. The van der Waals surface area contributed by atoms with E-state index in [4.69, 9.17) is 4.74 Å². The molecule has 0 aliphatic rings. The van der Waals surface area contributed by atoms with Crippen LogP contribution in [0.25, 0.3) is 11.3 Å². The van der Waals surface area contributed by atoms with Gasteiger partial charge in [-0.05, 0) is 42.8 Å². The Hall–Kier alpha value is -3.13. The van der Waals surface area contributed by atoms with Crippen LogP contribution in [0.1, 0.15) is 12.5 Å². The molecule has 8 heteroatoms. The van der Waals surface area contributed by atoms with Crippen molar-refractivity contribution in [2.75, 3.05) is 6.61 Å². The molecule has 0 fully saturated rings. The van der Waals surface area contributed by atoms with E-state index in [9.17, 15) is 9.18 Å². The second-order valence-corrected chi connectivity index (χ2v) is 6.90. The number of benzene rings is 2. The highest BCUT2D eigenvalue weighted by molar-refractivity contribution is 7.98. The molecular formula is C20H17FN4O2S. The van der Waals surface area contributed by atoms with Crippen molar-refractivity contribution in [1.29, 1.82) is 0 Å². The number of aromatic nitrogens is 4. The van der Waals surface area contributed by atoms with Crippen LogP contribution in [0, 0.1) is 5.82 Å². The average Bonchev–Trinajstić information content (AvgIpc) is 3.13. The van der Waals surface area contributed by atoms with Gasteiger partial charge in [-0.2, -0.15) is 0 Å². The number of rotatable bonds is 6. The van der Waals surface area contributed by atoms with Gasteiger partial charge in [0, 0.05) is 23.8 Å². The molecule has 28 heavy (non-hydrogen) atoms. The first kappa shape index (κ1) is 18.2. The van der Waals surface area contributed by atoms with Crippen LogP contribution >= 0.6 is 11.8 Å². The van der Waals surface area contributed by atoms with Crippen LogP contribution in [0.5, 0.6) is 5.75 Å². The SMILES string of the molecule is CCOc1ccc(-n2ccn3c(SCc4ccccc4F)nnc3c2=O)cc1. The van der Waals surface area contributed by atoms with Gasteiger partial charge in [0.2, 0.25) is 5.65 Å². The van der Waals surface area contributed by atoms with Crippen molar-refractivity contribution in [3.8, 4) is 11.4 Å². The summed E-state index contributed by atoms with van der Waals surface area (Å²) in [7, 11) is 0. The van der Waals surface area contributed by atoms with Gasteiger partial charge >= 0.3 is 5.56 Å². The molecule has 2 aromatic carbocycles. The first-order valence-electron chi connectivity index (χ1n) is 8.73. The van der Waals surface area contributed by atoms with E-state index in [2.05, 4.69) is 10.2 Å². The molecule has 0 aliphatic carbocycles. The maximum absolute atomic E-state index is 13.8. The van der Waals surface area contributed by atoms with Crippen molar-refractivity contribution in [1.82, 2.24) is 19.2 Å². The summed E-state index contributed by atoms with van der Waals surface area (Å²) in [5.74, 6) is 0.881. The lowest BCUT2D eigenvalue weighted by Gasteiger charge is -2.08. The van der Waals surface area contributed by atoms with Gasteiger partial charge in [0.1, 0.15) is 11.6 Å². The molecule has 0 atom stereocenters. The maximum Gasteiger partial charge on any atom is 0.300 e. The Balaban J connectivity index is 1.62. The Kier molecular flexibility index (Phi) is 5.12. The standard InChI is InChI=1S/C20H17FN4O2S/c1-2-27-16-9-7-15(8-10-16)24-11-12-25-18(19(24)26)22-23-20(25)28-13-14-5-3-4-6-17(14)21/h3-12H,2,13H2,1H3. The monoisotopic (exact) mass is 396 g/mol. The van der Waals surface area contributed by atoms with Crippen LogP contribution in [0.2, 0.25) is 0 Å². The van der Waals surface area contributed by atoms with Crippen LogP contribution in [0.4, 0.5) is 4.39 Å². The van der Waals surface area contributed by atoms with Gasteiger partial charge in [-0.1, -0.05) is 30.0 Å². The highest BCUT2D eigenvalue weighted by Gasteiger charge is 2.13. The first-order valence-corrected chi connectivity index (χ1v) is 9.72. The third kappa shape index (κ3) is 3.50. The second-order valence-electron chi connectivity index (χ2n) is 5.96. The van der Waals surface area contributed by atoms with E-state index < -0.39 is 0 Å². The van der Waals surface area contributed by atoms with Gasteiger partial charge in [-0.3, -0.25) is 13.8 Å². The summed E-state index contributed by atoms with van der Waals surface area (Å²) in [5, 5.41) is 8.66. The molecule has 0 radical (unpaired) electrons. The molecule has 0 bridgehead atoms. The summed E-state index contributed by atoms with van der Waals surface area (Å²) < 4.78 is 22.4. The molecule has 2 heterocycles. The molecule has 142 valence electrons. The Morgan fingerprint density at radius 1 is 1.07 bits per heavy atom. The summed E-state index contributed by atoms with van der Waals surface area (Å²) in [4.78, 5) is 12.8. The molecule has 6 nitrogen and oxygen atoms in total. The van der Waals surface area contributed by atoms with Crippen LogP contribution in [0.3, 0.4) is 0 Å². The van der Waals surface area contributed by atoms with Crippen molar-refractivity contribution in [2.45, 2.75) is 17.8 Å². The summed E-state index contributed by atoms with van der Waals surface area (Å²) in [6.45, 7) is 2.50. The minimum absolute atomic E-state index is 0.215. The number of fused-ring (bicyclic) bond motifs is 1. The Labute approximate surface area is 164 Å². The fourth-order valence-corrected chi connectivity index (χ4v) is 3.70. The van der Waals surface area contributed by atoms with Gasteiger partial charge in [-0.25, -0.2) is 4.39 Å². The lowest BCUT2D eigenvalue weighted by atomic mass is 10.2. The number of halogens is 1. The lowest BCUT2D eigenvalue weighted by molar-refractivity contribution is 0.340. The normalized spacial score (nSPS) is 11.1. The van der Waals surface area contributed by atoms with E-state index in [1.54, 1.807) is 35.0 Å². The van der Waals surface area contributed by atoms with Crippen molar-refractivity contribution < 1.29 is 9.13 Å². The smallest absolute Gasteiger partial charge is 0.300 e. The number of nitrogens with zero attached hydrogens (tertiary/aromatic N) is 4. The predicted molar refractivity (Wildman–Crippen MR) is 106 cm³/mol. The van der Waals surface area contributed by atoms with Crippen LogP contribution < -0.4 is 10.3 Å².